The Kier molecular flexibility index (Phi) is 7.04. The van der Waals surface area contributed by atoms with E-state index in [0.717, 1.165) is 52.4 Å². The number of hydrogen-bond donors (Lipinski definition) is 2. The van der Waals surface area contributed by atoms with E-state index in [2.05, 4.69) is 24.1 Å². The van der Waals surface area contributed by atoms with Crippen LogP contribution in [0.5, 0.6) is 0 Å². The molecule has 1 rings (SSSR count). The first kappa shape index (κ1) is 14.9. The second-order valence-corrected chi connectivity index (χ2v) is 5.07. The van der Waals surface area contributed by atoms with Gasteiger partial charge in [-0.3, -0.25) is 0 Å². The van der Waals surface area contributed by atoms with E-state index in [9.17, 15) is 0 Å². The highest BCUT2D eigenvalue weighted by Gasteiger charge is 2.35. The lowest BCUT2D eigenvalue weighted by molar-refractivity contribution is 0.0997. The number of aliphatic hydroxyl groups excluding tert-OH is 1. The molecule has 0 amide bonds. The van der Waals surface area contributed by atoms with Crippen LogP contribution in [0, 0.1) is 5.41 Å². The van der Waals surface area contributed by atoms with E-state index in [-0.39, 0.29) is 12.0 Å². The lowest BCUT2D eigenvalue weighted by Crippen LogP contribution is -2.45. The fourth-order valence-electron chi connectivity index (χ4n) is 2.46. The maximum absolute atomic E-state index is 9.05. The second-order valence-electron chi connectivity index (χ2n) is 5.07. The molecule has 17 heavy (non-hydrogen) atoms. The molecule has 1 aliphatic rings. The Balaban J connectivity index is 2.45. The number of nitrogens with one attached hydrogen (secondary N) is 1. The molecule has 0 aromatic heterocycles. The van der Waals surface area contributed by atoms with Crippen molar-refractivity contribution in [3.05, 3.63) is 0 Å². The van der Waals surface area contributed by atoms with Gasteiger partial charge in [-0.25, -0.2) is 0 Å². The van der Waals surface area contributed by atoms with Crippen molar-refractivity contribution in [3.63, 3.8) is 0 Å². The van der Waals surface area contributed by atoms with Gasteiger partial charge in [0.25, 0.3) is 0 Å². The largest absolute Gasteiger partial charge is 0.395 e. The first-order valence-electron chi connectivity index (χ1n) is 6.88. The van der Waals surface area contributed by atoms with E-state index in [1.807, 2.05) is 0 Å². The molecule has 1 aliphatic heterocycles. The summed E-state index contributed by atoms with van der Waals surface area (Å²) >= 11 is 0. The summed E-state index contributed by atoms with van der Waals surface area (Å²) in [6.07, 6.45) is 2.30. The average molecular weight is 244 g/mol. The third-order valence-electron chi connectivity index (χ3n) is 3.53. The van der Waals surface area contributed by atoms with E-state index in [0.29, 0.717) is 0 Å². The van der Waals surface area contributed by atoms with Crippen molar-refractivity contribution in [2.75, 3.05) is 52.5 Å². The van der Waals surface area contributed by atoms with Crippen LogP contribution in [0.4, 0.5) is 0 Å². The van der Waals surface area contributed by atoms with Crippen LogP contribution in [-0.4, -0.2) is 62.6 Å². The molecule has 102 valence electrons. The number of rotatable bonds is 9. The minimum absolute atomic E-state index is 0.243. The molecule has 1 atom stereocenters. The first-order valence-corrected chi connectivity index (χ1v) is 6.88. The van der Waals surface area contributed by atoms with Crippen LogP contribution >= 0.6 is 0 Å². The van der Waals surface area contributed by atoms with Gasteiger partial charge in [0.1, 0.15) is 0 Å². The molecule has 0 aromatic carbocycles. The predicted molar refractivity (Wildman–Crippen MR) is 70.2 cm³/mol. The molecule has 1 fully saturated rings. The zero-order valence-electron chi connectivity index (χ0n) is 11.4. The van der Waals surface area contributed by atoms with Crippen molar-refractivity contribution in [3.8, 4) is 0 Å². The highest BCUT2D eigenvalue weighted by atomic mass is 16.5. The van der Waals surface area contributed by atoms with E-state index >= 15 is 0 Å². The molecule has 4 heteroatoms. The Morgan fingerprint density at radius 2 is 2.24 bits per heavy atom. The fourth-order valence-corrected chi connectivity index (χ4v) is 2.46. The summed E-state index contributed by atoms with van der Waals surface area (Å²) in [4.78, 5) is 2.32. The van der Waals surface area contributed by atoms with Crippen LogP contribution in [-0.2, 0) is 4.74 Å². The first-order chi connectivity index (χ1) is 8.26. The summed E-state index contributed by atoms with van der Waals surface area (Å²) in [5.74, 6) is 0. The topological polar surface area (TPSA) is 44.7 Å². The molecule has 1 heterocycles. The molecule has 1 saturated heterocycles. The van der Waals surface area contributed by atoms with Crippen molar-refractivity contribution in [1.29, 1.82) is 0 Å². The predicted octanol–water partition coefficient (Wildman–Crippen LogP) is 0.707. The molecule has 0 aliphatic carbocycles. The van der Waals surface area contributed by atoms with Crippen LogP contribution in [0.2, 0.25) is 0 Å². The van der Waals surface area contributed by atoms with Gasteiger partial charge in [-0.1, -0.05) is 13.8 Å². The van der Waals surface area contributed by atoms with Crippen LogP contribution in [0.25, 0.3) is 0 Å². The van der Waals surface area contributed by atoms with Gasteiger partial charge < -0.3 is 20.1 Å². The number of ether oxygens (including phenoxy) is 1. The SMILES string of the molecule is CCCNCC1(CN(CC)CCO)CCOC1. The van der Waals surface area contributed by atoms with Gasteiger partial charge >= 0.3 is 0 Å². The monoisotopic (exact) mass is 244 g/mol. The van der Waals surface area contributed by atoms with Crippen molar-refractivity contribution < 1.29 is 9.84 Å². The molecule has 0 radical (unpaired) electrons. The maximum atomic E-state index is 9.05. The van der Waals surface area contributed by atoms with Gasteiger partial charge in [-0.2, -0.15) is 0 Å². The number of likely N-dealkylation sites (N-methyl/N-ethyl adjacent to an activating group) is 1. The van der Waals surface area contributed by atoms with Crippen molar-refractivity contribution in [1.82, 2.24) is 10.2 Å². The average Bonchev–Trinajstić information content (AvgIpc) is 2.78. The normalized spacial score (nSPS) is 24.7. The zero-order chi connectivity index (χ0) is 12.6. The summed E-state index contributed by atoms with van der Waals surface area (Å²) in [6, 6.07) is 0. The number of hydrogen-bond acceptors (Lipinski definition) is 4. The third-order valence-corrected chi connectivity index (χ3v) is 3.53. The highest BCUT2D eigenvalue weighted by molar-refractivity contribution is 4.88. The molecule has 4 nitrogen and oxygen atoms in total. The molecular formula is C13H28N2O2. The fraction of sp³-hybridized carbons (Fsp3) is 1.00. The van der Waals surface area contributed by atoms with Crippen LogP contribution < -0.4 is 5.32 Å². The molecule has 0 saturated carbocycles. The van der Waals surface area contributed by atoms with Gasteiger partial charge in [-0.05, 0) is 25.9 Å². The van der Waals surface area contributed by atoms with Gasteiger partial charge in [0, 0.05) is 31.7 Å². The van der Waals surface area contributed by atoms with Gasteiger partial charge in [0.15, 0.2) is 0 Å². The molecule has 0 spiro atoms. The second kappa shape index (κ2) is 8.03. The number of nitrogens with zero attached hydrogens (tertiary/aromatic N) is 1. The van der Waals surface area contributed by atoms with Gasteiger partial charge in [0.05, 0.1) is 13.2 Å². The Bertz CT molecular complexity index is 194. The lowest BCUT2D eigenvalue weighted by atomic mass is 9.86. The molecule has 0 bridgehead atoms. The van der Waals surface area contributed by atoms with Crippen molar-refractivity contribution in [2.24, 2.45) is 5.41 Å². The third kappa shape index (κ3) is 4.92. The lowest BCUT2D eigenvalue weighted by Gasteiger charge is -2.33. The molecular weight excluding hydrogens is 216 g/mol. The minimum atomic E-state index is 0.243. The van der Waals surface area contributed by atoms with Crippen molar-refractivity contribution >= 4 is 0 Å². The quantitative estimate of drug-likeness (QED) is 0.586. The molecule has 2 N–H and O–H groups in total. The van der Waals surface area contributed by atoms with Gasteiger partial charge in [-0.15, -0.1) is 0 Å². The summed E-state index contributed by atoms with van der Waals surface area (Å²) < 4.78 is 5.59. The van der Waals surface area contributed by atoms with Crippen molar-refractivity contribution in [2.45, 2.75) is 26.7 Å². The summed E-state index contributed by atoms with van der Waals surface area (Å²) in [6.45, 7) is 11.2. The van der Waals surface area contributed by atoms with Crippen LogP contribution in [0.15, 0.2) is 0 Å². The maximum Gasteiger partial charge on any atom is 0.0558 e. The van der Waals surface area contributed by atoms with Crippen LogP contribution in [0.3, 0.4) is 0 Å². The van der Waals surface area contributed by atoms with E-state index in [4.69, 9.17) is 9.84 Å². The summed E-state index contributed by atoms with van der Waals surface area (Å²) in [5.41, 5.74) is 0.250. The zero-order valence-corrected chi connectivity index (χ0v) is 11.4. The Labute approximate surface area is 105 Å². The Hall–Kier alpha value is -0.160. The standard InChI is InChI=1S/C13H28N2O2/c1-3-6-14-10-13(5-9-17-12-13)11-15(4-2)7-8-16/h14,16H,3-12H2,1-2H3. The van der Waals surface area contributed by atoms with E-state index in [1.54, 1.807) is 0 Å². The smallest absolute Gasteiger partial charge is 0.0558 e. The van der Waals surface area contributed by atoms with E-state index in [1.165, 1.54) is 6.42 Å². The minimum Gasteiger partial charge on any atom is -0.395 e. The number of aliphatic hydroxyl groups is 1. The summed E-state index contributed by atoms with van der Waals surface area (Å²) in [5, 5.41) is 12.6. The van der Waals surface area contributed by atoms with Crippen LogP contribution in [0.1, 0.15) is 26.7 Å². The Morgan fingerprint density at radius 1 is 1.41 bits per heavy atom. The van der Waals surface area contributed by atoms with E-state index < -0.39 is 0 Å². The Morgan fingerprint density at radius 3 is 2.76 bits per heavy atom. The molecule has 1 unspecified atom stereocenters. The molecule has 0 aromatic rings. The summed E-state index contributed by atoms with van der Waals surface area (Å²) in [7, 11) is 0. The van der Waals surface area contributed by atoms with Gasteiger partial charge in [0.2, 0.25) is 0 Å². The highest BCUT2D eigenvalue weighted by Crippen LogP contribution is 2.29.